The molecule has 0 spiro atoms. The molecule has 0 aliphatic rings. The standard InChI is InChI=1S/C17H20FN5O2/c1-12(13(2)23-9-3-8-20-23)19-10-17-21-16(22-25-17)11-24-15-6-4-14(18)5-7-15/h3-9,12-13,19H,10-11H2,1-2H3/t12-,13+/m1/s1. The molecule has 2 heterocycles. The third-order valence-electron chi connectivity index (χ3n) is 3.93. The molecular weight excluding hydrogens is 325 g/mol. The van der Waals surface area contributed by atoms with Crippen LogP contribution in [0.4, 0.5) is 4.39 Å². The van der Waals surface area contributed by atoms with Crippen LogP contribution in [0.5, 0.6) is 5.75 Å². The Kier molecular flexibility index (Phi) is 5.39. The molecule has 1 aromatic carbocycles. The van der Waals surface area contributed by atoms with Crippen LogP contribution in [0.1, 0.15) is 31.6 Å². The van der Waals surface area contributed by atoms with Crippen LogP contribution in [0.25, 0.3) is 0 Å². The van der Waals surface area contributed by atoms with Gasteiger partial charge in [-0.15, -0.1) is 0 Å². The topological polar surface area (TPSA) is 78.0 Å². The molecule has 25 heavy (non-hydrogen) atoms. The molecule has 0 saturated heterocycles. The van der Waals surface area contributed by atoms with Gasteiger partial charge < -0.3 is 14.6 Å². The monoisotopic (exact) mass is 345 g/mol. The van der Waals surface area contributed by atoms with Crippen LogP contribution >= 0.6 is 0 Å². The molecule has 0 unspecified atom stereocenters. The van der Waals surface area contributed by atoms with Crippen LogP contribution in [-0.4, -0.2) is 26.0 Å². The van der Waals surface area contributed by atoms with Gasteiger partial charge in [-0.25, -0.2) is 4.39 Å². The zero-order chi connectivity index (χ0) is 17.6. The number of benzene rings is 1. The first-order valence-electron chi connectivity index (χ1n) is 8.04. The molecule has 3 aromatic rings. The second-order valence-electron chi connectivity index (χ2n) is 5.74. The van der Waals surface area contributed by atoms with Crippen LogP contribution in [0.15, 0.2) is 47.2 Å². The lowest BCUT2D eigenvalue weighted by Crippen LogP contribution is -2.33. The fraction of sp³-hybridized carbons (Fsp3) is 0.353. The summed E-state index contributed by atoms with van der Waals surface area (Å²) >= 11 is 0. The van der Waals surface area contributed by atoms with E-state index in [1.165, 1.54) is 12.1 Å². The first kappa shape index (κ1) is 17.1. The van der Waals surface area contributed by atoms with E-state index in [9.17, 15) is 4.39 Å². The Hall–Kier alpha value is -2.74. The second kappa shape index (κ2) is 7.89. The van der Waals surface area contributed by atoms with Crippen molar-refractivity contribution in [3.63, 3.8) is 0 Å². The number of nitrogens with zero attached hydrogens (tertiary/aromatic N) is 4. The van der Waals surface area contributed by atoms with Crippen molar-refractivity contribution in [1.29, 1.82) is 0 Å². The third-order valence-corrected chi connectivity index (χ3v) is 3.93. The molecule has 0 fully saturated rings. The van der Waals surface area contributed by atoms with Gasteiger partial charge in [0.2, 0.25) is 11.7 Å². The van der Waals surface area contributed by atoms with Crippen molar-refractivity contribution < 1.29 is 13.7 Å². The molecule has 2 aromatic heterocycles. The molecule has 8 heteroatoms. The Labute approximate surface area is 144 Å². The van der Waals surface area contributed by atoms with Gasteiger partial charge in [-0.1, -0.05) is 5.16 Å². The first-order valence-corrected chi connectivity index (χ1v) is 8.04. The van der Waals surface area contributed by atoms with Crippen molar-refractivity contribution in [3.8, 4) is 5.75 Å². The minimum absolute atomic E-state index is 0.161. The predicted octanol–water partition coefficient (Wildman–Crippen LogP) is 2.72. The molecule has 3 rings (SSSR count). The molecule has 0 radical (unpaired) electrons. The van der Waals surface area contributed by atoms with E-state index in [-0.39, 0.29) is 24.5 Å². The Bertz CT molecular complexity index is 773. The van der Waals surface area contributed by atoms with Crippen LogP contribution in [-0.2, 0) is 13.2 Å². The zero-order valence-corrected chi connectivity index (χ0v) is 14.1. The average molecular weight is 345 g/mol. The van der Waals surface area contributed by atoms with Crippen molar-refractivity contribution in [2.45, 2.75) is 39.1 Å². The quantitative estimate of drug-likeness (QED) is 0.676. The van der Waals surface area contributed by atoms with Crippen LogP contribution in [0.2, 0.25) is 0 Å². The van der Waals surface area contributed by atoms with Crippen LogP contribution in [0.3, 0.4) is 0 Å². The Morgan fingerprint density at radius 2 is 2.08 bits per heavy atom. The van der Waals surface area contributed by atoms with Gasteiger partial charge in [0.15, 0.2) is 6.61 Å². The highest BCUT2D eigenvalue weighted by atomic mass is 19.1. The maximum atomic E-state index is 12.8. The van der Waals surface area contributed by atoms with Gasteiger partial charge in [0.1, 0.15) is 11.6 Å². The maximum absolute atomic E-state index is 12.8. The fourth-order valence-electron chi connectivity index (χ4n) is 2.27. The SMILES string of the molecule is C[C@@H](NCc1nc(COc2ccc(F)cc2)no1)[C@H](C)n1cccn1. The lowest BCUT2D eigenvalue weighted by Gasteiger charge is -2.20. The number of nitrogens with one attached hydrogen (secondary N) is 1. The third kappa shape index (κ3) is 4.63. The maximum Gasteiger partial charge on any atom is 0.240 e. The number of hydrogen-bond donors (Lipinski definition) is 1. The molecule has 2 atom stereocenters. The van der Waals surface area contributed by atoms with E-state index in [1.54, 1.807) is 18.3 Å². The van der Waals surface area contributed by atoms with E-state index in [2.05, 4.69) is 34.4 Å². The molecule has 0 aliphatic carbocycles. The van der Waals surface area contributed by atoms with Gasteiger partial charge in [0.25, 0.3) is 0 Å². The van der Waals surface area contributed by atoms with Crippen LogP contribution in [0, 0.1) is 5.82 Å². The van der Waals surface area contributed by atoms with Crippen molar-refractivity contribution in [3.05, 3.63) is 60.3 Å². The van der Waals surface area contributed by atoms with E-state index in [0.29, 0.717) is 24.0 Å². The average Bonchev–Trinajstić information content (AvgIpc) is 3.30. The van der Waals surface area contributed by atoms with Gasteiger partial charge in [0.05, 0.1) is 12.6 Å². The largest absolute Gasteiger partial charge is 0.485 e. The summed E-state index contributed by atoms with van der Waals surface area (Å²) in [6.07, 6.45) is 3.69. The molecule has 1 N–H and O–H groups in total. The summed E-state index contributed by atoms with van der Waals surface area (Å²) in [5.41, 5.74) is 0. The number of rotatable bonds is 8. The minimum Gasteiger partial charge on any atom is -0.485 e. The van der Waals surface area contributed by atoms with Gasteiger partial charge in [-0.05, 0) is 44.2 Å². The van der Waals surface area contributed by atoms with Gasteiger partial charge >= 0.3 is 0 Å². The predicted molar refractivity (Wildman–Crippen MR) is 88.3 cm³/mol. The van der Waals surface area contributed by atoms with Gasteiger partial charge in [-0.2, -0.15) is 10.1 Å². The molecule has 0 aliphatic heterocycles. The zero-order valence-electron chi connectivity index (χ0n) is 14.1. The molecular formula is C17H20FN5O2. The number of ether oxygens (including phenoxy) is 1. The molecule has 7 nitrogen and oxygen atoms in total. The first-order chi connectivity index (χ1) is 12.1. The highest BCUT2D eigenvalue weighted by Crippen LogP contribution is 2.13. The molecule has 0 saturated carbocycles. The smallest absolute Gasteiger partial charge is 0.240 e. The fourth-order valence-corrected chi connectivity index (χ4v) is 2.27. The highest BCUT2D eigenvalue weighted by molar-refractivity contribution is 5.22. The van der Waals surface area contributed by atoms with Crippen LogP contribution < -0.4 is 10.1 Å². The van der Waals surface area contributed by atoms with Crippen molar-refractivity contribution >= 4 is 0 Å². The van der Waals surface area contributed by atoms with E-state index in [0.717, 1.165) is 0 Å². The second-order valence-corrected chi connectivity index (χ2v) is 5.74. The van der Waals surface area contributed by atoms with E-state index < -0.39 is 0 Å². The summed E-state index contributed by atoms with van der Waals surface area (Å²) in [5.74, 6) is 1.16. The summed E-state index contributed by atoms with van der Waals surface area (Å²) < 4.78 is 25.4. The van der Waals surface area contributed by atoms with Gasteiger partial charge in [-0.3, -0.25) is 4.68 Å². The van der Waals surface area contributed by atoms with Crippen molar-refractivity contribution in [1.82, 2.24) is 25.2 Å². The number of hydrogen-bond acceptors (Lipinski definition) is 6. The number of aromatic nitrogens is 4. The molecule has 0 amide bonds. The summed E-state index contributed by atoms with van der Waals surface area (Å²) in [5, 5.41) is 11.5. The van der Waals surface area contributed by atoms with Gasteiger partial charge in [0, 0.05) is 18.4 Å². The highest BCUT2D eigenvalue weighted by Gasteiger charge is 2.15. The van der Waals surface area contributed by atoms with E-state index in [1.807, 2.05) is 16.9 Å². The normalized spacial score (nSPS) is 13.6. The van der Waals surface area contributed by atoms with Crippen molar-refractivity contribution in [2.75, 3.05) is 0 Å². The lowest BCUT2D eigenvalue weighted by atomic mass is 10.2. The lowest BCUT2D eigenvalue weighted by molar-refractivity contribution is 0.283. The Balaban J connectivity index is 1.47. The van der Waals surface area contributed by atoms with Crippen molar-refractivity contribution in [2.24, 2.45) is 0 Å². The van der Waals surface area contributed by atoms with E-state index in [4.69, 9.17) is 9.26 Å². The minimum atomic E-state index is -0.307. The summed E-state index contributed by atoms with van der Waals surface area (Å²) in [6, 6.07) is 8.04. The Morgan fingerprint density at radius 1 is 1.28 bits per heavy atom. The summed E-state index contributed by atoms with van der Waals surface area (Å²) in [6.45, 7) is 4.77. The number of halogens is 1. The molecule has 132 valence electrons. The molecule has 0 bridgehead atoms. The summed E-state index contributed by atoms with van der Waals surface area (Å²) in [7, 11) is 0. The Morgan fingerprint density at radius 3 is 2.80 bits per heavy atom. The summed E-state index contributed by atoms with van der Waals surface area (Å²) in [4.78, 5) is 4.28. The van der Waals surface area contributed by atoms with E-state index >= 15 is 0 Å².